The molecule has 0 aliphatic heterocycles. The third-order valence-corrected chi connectivity index (χ3v) is 7.32. The molecule has 0 saturated heterocycles. The van der Waals surface area contributed by atoms with Crippen LogP contribution in [0.3, 0.4) is 0 Å². The van der Waals surface area contributed by atoms with Crippen LogP contribution in [0.2, 0.25) is 0 Å². The Hall–Kier alpha value is -3.38. The van der Waals surface area contributed by atoms with E-state index in [4.69, 9.17) is 4.74 Å². The average molecular weight is 543 g/mol. The lowest BCUT2D eigenvalue weighted by atomic mass is 9.98. The number of benzene rings is 2. The molecule has 0 amide bonds. The molecule has 9 heteroatoms. The van der Waals surface area contributed by atoms with Gasteiger partial charge < -0.3 is 24.8 Å². The molecule has 1 atom stereocenters. The summed E-state index contributed by atoms with van der Waals surface area (Å²) in [6.07, 6.45) is 2.64. The van der Waals surface area contributed by atoms with E-state index >= 15 is 0 Å². The molecule has 1 unspecified atom stereocenters. The van der Waals surface area contributed by atoms with Gasteiger partial charge in [-0.3, -0.25) is 0 Å². The van der Waals surface area contributed by atoms with Gasteiger partial charge in [-0.15, -0.1) is 11.8 Å². The van der Waals surface area contributed by atoms with Crippen molar-refractivity contribution in [1.82, 2.24) is 9.47 Å². The Labute approximate surface area is 226 Å². The third-order valence-electron chi connectivity index (χ3n) is 6.60. The molecule has 38 heavy (non-hydrogen) atoms. The lowest BCUT2D eigenvalue weighted by molar-refractivity contribution is -0.140. The molecule has 0 spiro atoms. The molecular formula is C29H33F3N4OS. The molecule has 0 bridgehead atoms. The van der Waals surface area contributed by atoms with Crippen molar-refractivity contribution in [3.05, 3.63) is 59.9 Å². The van der Waals surface area contributed by atoms with Crippen molar-refractivity contribution in [2.75, 3.05) is 44.6 Å². The zero-order valence-corrected chi connectivity index (χ0v) is 22.9. The van der Waals surface area contributed by atoms with E-state index < -0.39 is 12.7 Å². The largest absolute Gasteiger partial charge is 0.495 e. The molecular weight excluding hydrogens is 509 g/mol. The van der Waals surface area contributed by atoms with Crippen LogP contribution in [0.5, 0.6) is 5.75 Å². The van der Waals surface area contributed by atoms with Crippen LogP contribution in [-0.4, -0.2) is 55.7 Å². The van der Waals surface area contributed by atoms with Crippen molar-refractivity contribution in [1.29, 1.82) is 0 Å². The van der Waals surface area contributed by atoms with Crippen LogP contribution < -0.4 is 15.4 Å². The van der Waals surface area contributed by atoms with E-state index in [9.17, 15) is 13.2 Å². The number of nitrogens with zero attached hydrogens (tertiary/aromatic N) is 2. The molecule has 1 heterocycles. The Morgan fingerprint density at radius 1 is 1.16 bits per heavy atom. The molecule has 2 aromatic carbocycles. The van der Waals surface area contributed by atoms with Crippen molar-refractivity contribution in [2.45, 2.75) is 42.9 Å². The Kier molecular flexibility index (Phi) is 8.72. The van der Waals surface area contributed by atoms with Gasteiger partial charge in [0.1, 0.15) is 12.3 Å². The van der Waals surface area contributed by atoms with E-state index in [-0.39, 0.29) is 12.6 Å². The number of aromatic nitrogens is 1. The highest BCUT2D eigenvalue weighted by Crippen LogP contribution is 2.32. The summed E-state index contributed by atoms with van der Waals surface area (Å²) < 4.78 is 47.3. The standard InChI is InChI=1S/C29H33F3N4OS/c1-35(2)21-12-10-20(11-13-21)34-25-8-5-9-27-24(25)17-22(36(27)19-29(30,31)32)7-6-16-33-26-15-14-23(38-4)18-28(26)37-3/h5,8-9,12,14-15,17-18,20,33-34H,10-11,13,16,19H2,1-4H3. The minimum Gasteiger partial charge on any atom is -0.495 e. The number of allylic oxidation sites excluding steroid dienone is 1. The maximum atomic E-state index is 13.5. The smallest absolute Gasteiger partial charge is 0.406 e. The van der Waals surface area contributed by atoms with Gasteiger partial charge >= 0.3 is 6.18 Å². The monoisotopic (exact) mass is 542 g/mol. The highest BCUT2D eigenvalue weighted by Gasteiger charge is 2.30. The van der Waals surface area contributed by atoms with Crippen molar-refractivity contribution in [3.8, 4) is 17.6 Å². The molecule has 0 saturated carbocycles. The normalized spacial score (nSPS) is 15.4. The first kappa shape index (κ1) is 27.6. The van der Waals surface area contributed by atoms with Gasteiger partial charge in [0.15, 0.2) is 0 Å². The van der Waals surface area contributed by atoms with Crippen molar-refractivity contribution >= 4 is 34.0 Å². The van der Waals surface area contributed by atoms with Crippen LogP contribution in [0.25, 0.3) is 10.9 Å². The van der Waals surface area contributed by atoms with Gasteiger partial charge in [-0.1, -0.05) is 18.1 Å². The fourth-order valence-electron chi connectivity index (χ4n) is 4.66. The van der Waals surface area contributed by atoms with E-state index in [0.29, 0.717) is 17.0 Å². The summed E-state index contributed by atoms with van der Waals surface area (Å²) in [7, 11) is 5.68. The minimum atomic E-state index is -4.37. The summed E-state index contributed by atoms with van der Waals surface area (Å²) in [6.45, 7) is -0.837. The van der Waals surface area contributed by atoms with E-state index in [1.54, 1.807) is 37.1 Å². The Bertz CT molecular complexity index is 1370. The summed E-state index contributed by atoms with van der Waals surface area (Å²) in [5.41, 5.74) is 3.76. The van der Waals surface area contributed by atoms with Crippen LogP contribution in [0.1, 0.15) is 25.0 Å². The summed E-state index contributed by atoms with van der Waals surface area (Å²) >= 11 is 1.61. The number of rotatable bonds is 8. The van der Waals surface area contributed by atoms with E-state index in [1.807, 2.05) is 44.6 Å². The molecule has 5 nitrogen and oxygen atoms in total. The molecule has 4 rings (SSSR count). The molecule has 3 aromatic rings. The van der Waals surface area contributed by atoms with E-state index in [2.05, 4.69) is 33.5 Å². The number of alkyl halides is 3. The first-order chi connectivity index (χ1) is 18.2. The quantitative estimate of drug-likeness (QED) is 0.242. The lowest BCUT2D eigenvalue weighted by Crippen LogP contribution is -2.25. The number of hydrogen-bond acceptors (Lipinski definition) is 5. The SMILES string of the molecule is COc1cc(SC)ccc1NCC#Cc1cc2c(NC3CC=C(N(C)C)CC3)cccc2n1CC(F)(F)F. The van der Waals surface area contributed by atoms with Crippen LogP contribution in [0.15, 0.2) is 59.1 Å². The Morgan fingerprint density at radius 3 is 2.63 bits per heavy atom. The number of thioether (sulfide) groups is 1. The highest BCUT2D eigenvalue weighted by atomic mass is 32.2. The van der Waals surface area contributed by atoms with Crippen LogP contribution in [-0.2, 0) is 6.54 Å². The second kappa shape index (κ2) is 12.0. The summed E-state index contributed by atoms with van der Waals surface area (Å²) in [4.78, 5) is 3.20. The van der Waals surface area contributed by atoms with Crippen molar-refractivity contribution in [2.24, 2.45) is 0 Å². The van der Waals surface area contributed by atoms with Crippen molar-refractivity contribution in [3.63, 3.8) is 0 Å². The summed E-state index contributed by atoms with van der Waals surface area (Å²) in [5, 5.41) is 7.51. The summed E-state index contributed by atoms with van der Waals surface area (Å²) in [6, 6.07) is 13.2. The number of fused-ring (bicyclic) bond motifs is 1. The van der Waals surface area contributed by atoms with Crippen LogP contribution in [0.4, 0.5) is 24.5 Å². The third kappa shape index (κ3) is 6.73. The zero-order chi connectivity index (χ0) is 27.3. The number of ether oxygens (including phenoxy) is 1. The van der Waals surface area contributed by atoms with E-state index in [0.717, 1.165) is 40.9 Å². The predicted molar refractivity (Wildman–Crippen MR) is 151 cm³/mol. The molecule has 1 aromatic heterocycles. The zero-order valence-electron chi connectivity index (χ0n) is 22.1. The number of nitrogens with one attached hydrogen (secondary N) is 2. The van der Waals surface area contributed by atoms with Gasteiger partial charge in [0.05, 0.1) is 30.6 Å². The van der Waals surface area contributed by atoms with Crippen molar-refractivity contribution < 1.29 is 17.9 Å². The maximum absolute atomic E-state index is 13.5. The minimum absolute atomic E-state index is 0.224. The maximum Gasteiger partial charge on any atom is 0.406 e. The Balaban J connectivity index is 1.58. The number of anilines is 2. The second-order valence-corrected chi connectivity index (χ2v) is 10.3. The second-order valence-electron chi connectivity index (χ2n) is 9.40. The molecule has 1 aliphatic rings. The average Bonchev–Trinajstić information content (AvgIpc) is 3.23. The van der Waals surface area contributed by atoms with E-state index in [1.165, 1.54) is 10.3 Å². The highest BCUT2D eigenvalue weighted by molar-refractivity contribution is 7.98. The molecule has 0 fully saturated rings. The number of hydrogen-bond donors (Lipinski definition) is 2. The molecule has 0 radical (unpaired) electrons. The number of methoxy groups -OCH3 is 1. The molecule has 2 N–H and O–H groups in total. The first-order valence-electron chi connectivity index (χ1n) is 12.4. The predicted octanol–water partition coefficient (Wildman–Crippen LogP) is 6.81. The first-order valence-corrected chi connectivity index (χ1v) is 13.7. The van der Waals surface area contributed by atoms with Gasteiger partial charge in [-0.05, 0) is 67.8 Å². The molecule has 202 valence electrons. The summed E-state index contributed by atoms with van der Waals surface area (Å²) in [5.74, 6) is 6.65. The van der Waals surface area contributed by atoms with Gasteiger partial charge in [-0.25, -0.2) is 0 Å². The fraction of sp³-hybridized carbons (Fsp3) is 0.379. The van der Waals surface area contributed by atoms with Crippen LogP contribution >= 0.6 is 11.8 Å². The topological polar surface area (TPSA) is 41.5 Å². The Morgan fingerprint density at radius 2 is 1.97 bits per heavy atom. The van der Waals surface area contributed by atoms with Crippen LogP contribution in [0, 0.1) is 11.8 Å². The fourth-order valence-corrected chi connectivity index (χ4v) is 5.09. The lowest BCUT2D eigenvalue weighted by Gasteiger charge is -2.27. The van der Waals surface area contributed by atoms with Gasteiger partial charge in [-0.2, -0.15) is 13.2 Å². The van der Waals surface area contributed by atoms with Gasteiger partial charge in [0.25, 0.3) is 0 Å². The van der Waals surface area contributed by atoms with Gasteiger partial charge in [0.2, 0.25) is 0 Å². The van der Waals surface area contributed by atoms with Gasteiger partial charge in [0, 0.05) is 41.8 Å². The molecule has 1 aliphatic carbocycles. The number of halogens is 3.